The molecule has 0 aliphatic rings. The Morgan fingerprint density at radius 1 is 1.00 bits per heavy atom. The van der Waals surface area contributed by atoms with Crippen molar-refractivity contribution in [3.8, 4) is 0 Å². The molecule has 3 heteroatoms. The van der Waals surface area contributed by atoms with Crippen molar-refractivity contribution >= 4 is 13.9 Å². The van der Waals surface area contributed by atoms with Crippen molar-refractivity contribution in [2.75, 3.05) is 0 Å². The van der Waals surface area contributed by atoms with Gasteiger partial charge < -0.3 is 0 Å². The van der Waals surface area contributed by atoms with E-state index in [9.17, 15) is 8.78 Å². The molecule has 0 fully saturated rings. The third-order valence-electron chi connectivity index (χ3n) is 1.88. The molecule has 0 heterocycles. The summed E-state index contributed by atoms with van der Waals surface area (Å²) in [5.74, 6) is -0.704. The van der Waals surface area contributed by atoms with E-state index >= 15 is 0 Å². The van der Waals surface area contributed by atoms with Gasteiger partial charge in [-0.25, -0.2) is 8.78 Å². The molecule has 1 rings (SSSR count). The van der Waals surface area contributed by atoms with Crippen LogP contribution in [0.25, 0.3) is 5.83 Å². The molecule has 0 spiro atoms. The van der Waals surface area contributed by atoms with E-state index in [0.717, 1.165) is 0 Å². The fourth-order valence-corrected chi connectivity index (χ4v) is 1.84. The lowest BCUT2D eigenvalue weighted by atomic mass is 10.2. The van der Waals surface area contributed by atoms with Gasteiger partial charge in [0.1, 0.15) is 13.5 Å². The second-order valence-electron chi connectivity index (χ2n) is 4.24. The Kier molecular flexibility index (Phi) is 3.21. The highest BCUT2D eigenvalue weighted by molar-refractivity contribution is 6.83. The molecule has 1 aromatic carbocycles. The van der Waals surface area contributed by atoms with Crippen LogP contribution in [0.15, 0.2) is 35.8 Å². The van der Waals surface area contributed by atoms with Gasteiger partial charge in [0.2, 0.25) is 0 Å². The fraction of sp³-hybridized carbons (Fsp3) is 0.273. The molecule has 0 unspecified atom stereocenters. The standard InChI is InChI=1S/C11H14F2Si/c1-14(2,3)11(13)10(12)9-7-5-4-6-8-9/h4-8H,1-3H3/b11-10+. The molecule has 76 valence electrons. The lowest BCUT2D eigenvalue weighted by Crippen LogP contribution is -2.22. The van der Waals surface area contributed by atoms with Crippen LogP contribution in [-0.2, 0) is 0 Å². The highest BCUT2D eigenvalue weighted by Gasteiger charge is 2.24. The summed E-state index contributed by atoms with van der Waals surface area (Å²) in [4.78, 5) is 0. The highest BCUT2D eigenvalue weighted by atomic mass is 28.3. The first-order chi connectivity index (χ1) is 6.43. The zero-order chi connectivity index (χ0) is 10.8. The monoisotopic (exact) mass is 212 g/mol. The van der Waals surface area contributed by atoms with Crippen LogP contribution in [0, 0.1) is 0 Å². The van der Waals surface area contributed by atoms with E-state index in [2.05, 4.69) is 0 Å². The van der Waals surface area contributed by atoms with Crippen LogP contribution in [0.2, 0.25) is 19.6 Å². The average Bonchev–Trinajstić information content (AvgIpc) is 2.15. The van der Waals surface area contributed by atoms with Crippen LogP contribution in [0.3, 0.4) is 0 Å². The summed E-state index contributed by atoms with van der Waals surface area (Å²) in [6.07, 6.45) is 0. The molecule has 0 aromatic heterocycles. The quantitative estimate of drug-likeness (QED) is 0.645. The molecule has 0 saturated heterocycles. The number of halogens is 2. The Hall–Kier alpha value is -0.963. The molecule has 1 aromatic rings. The molecule has 0 atom stereocenters. The van der Waals surface area contributed by atoms with Gasteiger partial charge in [0.15, 0.2) is 5.83 Å². The third kappa shape index (κ3) is 2.51. The lowest BCUT2D eigenvalue weighted by molar-refractivity contribution is 0.641. The Morgan fingerprint density at radius 2 is 1.50 bits per heavy atom. The molecule has 14 heavy (non-hydrogen) atoms. The topological polar surface area (TPSA) is 0 Å². The molecule has 0 aliphatic carbocycles. The summed E-state index contributed by atoms with van der Waals surface area (Å²) < 4.78 is 27.1. The van der Waals surface area contributed by atoms with Crippen molar-refractivity contribution in [2.24, 2.45) is 0 Å². The lowest BCUT2D eigenvalue weighted by Gasteiger charge is -2.13. The first kappa shape index (κ1) is 11.1. The number of hydrogen-bond donors (Lipinski definition) is 0. The Bertz CT molecular complexity index is 336. The zero-order valence-corrected chi connectivity index (χ0v) is 9.64. The number of rotatable bonds is 2. The molecule has 0 radical (unpaired) electrons. The van der Waals surface area contributed by atoms with Crippen molar-refractivity contribution in [1.29, 1.82) is 0 Å². The van der Waals surface area contributed by atoms with Crippen molar-refractivity contribution in [3.63, 3.8) is 0 Å². The van der Waals surface area contributed by atoms with Crippen LogP contribution in [0.1, 0.15) is 5.56 Å². The minimum absolute atomic E-state index is 0.326. The summed E-state index contributed by atoms with van der Waals surface area (Å²) in [6, 6.07) is 8.34. The van der Waals surface area contributed by atoms with Crippen molar-refractivity contribution < 1.29 is 8.78 Å². The summed E-state index contributed by atoms with van der Waals surface area (Å²) in [5.41, 5.74) is -0.240. The molecule has 0 aliphatic heterocycles. The molecular weight excluding hydrogens is 198 g/mol. The largest absolute Gasteiger partial charge is 0.214 e. The van der Waals surface area contributed by atoms with Crippen LogP contribution in [0.4, 0.5) is 8.78 Å². The van der Waals surface area contributed by atoms with Crippen molar-refractivity contribution in [1.82, 2.24) is 0 Å². The zero-order valence-electron chi connectivity index (χ0n) is 8.64. The van der Waals surface area contributed by atoms with Gasteiger partial charge in [-0.1, -0.05) is 50.0 Å². The van der Waals surface area contributed by atoms with E-state index in [1.54, 1.807) is 50.0 Å². The number of benzene rings is 1. The van der Waals surface area contributed by atoms with Gasteiger partial charge in [-0.05, 0) is 0 Å². The predicted molar refractivity (Wildman–Crippen MR) is 58.9 cm³/mol. The summed E-state index contributed by atoms with van der Waals surface area (Å²) in [7, 11) is -2.17. The molecule has 0 amide bonds. The van der Waals surface area contributed by atoms with Gasteiger partial charge in [0.05, 0.1) is 0 Å². The first-order valence-electron chi connectivity index (χ1n) is 4.54. The van der Waals surface area contributed by atoms with Gasteiger partial charge in [0, 0.05) is 5.56 Å². The number of hydrogen-bond acceptors (Lipinski definition) is 0. The third-order valence-corrected chi connectivity index (χ3v) is 3.41. The smallest absolute Gasteiger partial charge is 0.156 e. The predicted octanol–water partition coefficient (Wildman–Crippen LogP) is 4.17. The van der Waals surface area contributed by atoms with E-state index in [4.69, 9.17) is 0 Å². The van der Waals surface area contributed by atoms with Crippen LogP contribution in [0.5, 0.6) is 0 Å². The van der Waals surface area contributed by atoms with E-state index in [-0.39, 0.29) is 0 Å². The summed E-state index contributed by atoms with van der Waals surface area (Å²) >= 11 is 0. The second-order valence-corrected chi connectivity index (χ2v) is 9.18. The Morgan fingerprint density at radius 3 is 1.93 bits per heavy atom. The first-order valence-corrected chi connectivity index (χ1v) is 8.04. The summed E-state index contributed by atoms with van der Waals surface area (Å²) in [5, 5.41) is 0. The van der Waals surface area contributed by atoms with E-state index in [1.807, 2.05) is 0 Å². The Labute approximate surface area is 84.3 Å². The van der Waals surface area contributed by atoms with Crippen molar-refractivity contribution in [2.45, 2.75) is 19.6 Å². The van der Waals surface area contributed by atoms with Gasteiger partial charge >= 0.3 is 0 Å². The van der Waals surface area contributed by atoms with Gasteiger partial charge in [0.25, 0.3) is 0 Å². The second kappa shape index (κ2) is 4.05. The van der Waals surface area contributed by atoms with Gasteiger partial charge in [-0.15, -0.1) is 0 Å². The average molecular weight is 212 g/mol. The molecule has 0 nitrogen and oxygen atoms in total. The van der Waals surface area contributed by atoms with Gasteiger partial charge in [-0.3, -0.25) is 0 Å². The van der Waals surface area contributed by atoms with Gasteiger partial charge in [-0.2, -0.15) is 0 Å². The van der Waals surface area contributed by atoms with Crippen molar-refractivity contribution in [3.05, 3.63) is 41.3 Å². The SMILES string of the molecule is C[Si](C)(C)/C(F)=C(/F)c1ccccc1. The molecule has 0 saturated carbocycles. The normalized spacial score (nSPS) is 13.8. The minimum atomic E-state index is -2.17. The van der Waals surface area contributed by atoms with E-state index < -0.39 is 19.4 Å². The van der Waals surface area contributed by atoms with E-state index in [1.165, 1.54) is 0 Å². The summed E-state index contributed by atoms with van der Waals surface area (Å²) in [6.45, 7) is 5.35. The van der Waals surface area contributed by atoms with Crippen LogP contribution < -0.4 is 0 Å². The Balaban J connectivity index is 3.12. The molecular formula is C11H14F2Si. The highest BCUT2D eigenvalue weighted by Crippen LogP contribution is 2.27. The van der Waals surface area contributed by atoms with Crippen LogP contribution in [-0.4, -0.2) is 8.07 Å². The minimum Gasteiger partial charge on any atom is -0.214 e. The fourth-order valence-electron chi connectivity index (χ4n) is 1.04. The maximum Gasteiger partial charge on any atom is 0.156 e. The van der Waals surface area contributed by atoms with Crippen LogP contribution >= 0.6 is 0 Å². The molecule has 0 N–H and O–H groups in total. The van der Waals surface area contributed by atoms with E-state index in [0.29, 0.717) is 5.56 Å². The molecule has 0 bridgehead atoms. The maximum atomic E-state index is 13.6. The maximum absolute atomic E-state index is 13.6.